The normalized spacial score (nSPS) is 14.1. The van der Waals surface area contributed by atoms with E-state index in [9.17, 15) is 18.0 Å². The Bertz CT molecular complexity index is 582. The predicted molar refractivity (Wildman–Crippen MR) is 85.9 cm³/mol. The van der Waals surface area contributed by atoms with Crippen LogP contribution in [0.15, 0.2) is 28.7 Å². The molecule has 0 saturated carbocycles. The first-order chi connectivity index (χ1) is 11.1. The van der Waals surface area contributed by atoms with Crippen LogP contribution in [-0.4, -0.2) is 24.7 Å². The van der Waals surface area contributed by atoms with E-state index in [4.69, 9.17) is 10.00 Å². The van der Waals surface area contributed by atoms with Crippen LogP contribution >= 0.6 is 15.9 Å². The highest BCUT2D eigenvalue weighted by Crippen LogP contribution is 2.37. The van der Waals surface area contributed by atoms with Crippen LogP contribution < -0.4 is 5.32 Å². The van der Waals surface area contributed by atoms with Crippen LogP contribution in [0.25, 0.3) is 0 Å². The first kappa shape index (κ1) is 20.5. The molecule has 8 heteroatoms. The van der Waals surface area contributed by atoms with Crippen molar-refractivity contribution in [1.82, 2.24) is 5.32 Å². The minimum absolute atomic E-state index is 0.0540. The second-order valence-electron chi connectivity index (χ2n) is 5.60. The maximum Gasteiger partial charge on any atom is 0.418 e. The van der Waals surface area contributed by atoms with E-state index in [0.717, 1.165) is 0 Å². The lowest BCUT2D eigenvalue weighted by Crippen LogP contribution is -2.40. The number of ether oxygens (including phenoxy) is 1. The number of nitrogens with one attached hydrogen (secondary N) is 1. The minimum atomic E-state index is -4.67. The second kappa shape index (κ2) is 9.04. The van der Waals surface area contributed by atoms with Crippen LogP contribution in [0.5, 0.6) is 0 Å². The van der Waals surface area contributed by atoms with Crippen LogP contribution in [0.2, 0.25) is 0 Å². The fourth-order valence-corrected chi connectivity index (χ4v) is 2.30. The van der Waals surface area contributed by atoms with Gasteiger partial charge in [0.1, 0.15) is 12.6 Å². The summed E-state index contributed by atoms with van der Waals surface area (Å²) in [6.45, 7) is 3.26. The number of nitriles is 1. The zero-order chi connectivity index (χ0) is 18.3. The average Bonchev–Trinajstić information content (AvgIpc) is 2.48. The Morgan fingerprint density at radius 3 is 2.38 bits per heavy atom. The van der Waals surface area contributed by atoms with Gasteiger partial charge in [-0.05, 0) is 30.0 Å². The van der Waals surface area contributed by atoms with E-state index in [1.807, 2.05) is 0 Å². The summed E-state index contributed by atoms with van der Waals surface area (Å²) in [7, 11) is 0. The topological polar surface area (TPSA) is 62.1 Å². The molecule has 24 heavy (non-hydrogen) atoms. The van der Waals surface area contributed by atoms with Crippen molar-refractivity contribution in [1.29, 1.82) is 5.26 Å². The molecule has 0 bridgehead atoms. The van der Waals surface area contributed by atoms with Gasteiger partial charge in [-0.2, -0.15) is 18.4 Å². The lowest BCUT2D eigenvalue weighted by Gasteiger charge is -2.27. The van der Waals surface area contributed by atoms with Crippen molar-refractivity contribution >= 4 is 21.8 Å². The number of nitrogens with zero attached hydrogens (tertiary/aromatic N) is 1. The number of hydrogen-bond acceptors (Lipinski definition) is 3. The molecule has 4 nitrogen and oxygen atoms in total. The molecule has 0 saturated heterocycles. The molecule has 0 aromatic heterocycles. The van der Waals surface area contributed by atoms with Crippen molar-refractivity contribution in [2.24, 2.45) is 5.92 Å². The first-order valence-electron chi connectivity index (χ1n) is 7.27. The second-order valence-corrected chi connectivity index (χ2v) is 6.52. The van der Waals surface area contributed by atoms with E-state index in [1.54, 1.807) is 19.9 Å². The summed E-state index contributed by atoms with van der Waals surface area (Å²) in [6, 6.07) is 7.25. The Kier molecular flexibility index (Phi) is 7.70. The first-order valence-corrected chi connectivity index (χ1v) is 8.06. The van der Waals surface area contributed by atoms with E-state index in [-0.39, 0.29) is 24.4 Å². The minimum Gasteiger partial charge on any atom is -0.351 e. The summed E-state index contributed by atoms with van der Waals surface area (Å²) in [5, 5.41) is 10.8. The number of rotatable bonds is 7. The maximum absolute atomic E-state index is 13.4. The monoisotopic (exact) mass is 406 g/mol. The lowest BCUT2D eigenvalue weighted by atomic mass is 10.0. The summed E-state index contributed by atoms with van der Waals surface area (Å²) in [4.78, 5) is 12.0. The molecule has 2 atom stereocenters. The zero-order valence-electron chi connectivity index (χ0n) is 13.2. The van der Waals surface area contributed by atoms with Crippen molar-refractivity contribution < 1.29 is 22.7 Å². The highest BCUT2D eigenvalue weighted by atomic mass is 79.9. The smallest absolute Gasteiger partial charge is 0.351 e. The highest BCUT2D eigenvalue weighted by Gasteiger charge is 2.44. The van der Waals surface area contributed by atoms with Gasteiger partial charge >= 0.3 is 6.18 Å². The fourth-order valence-electron chi connectivity index (χ4n) is 2.04. The van der Waals surface area contributed by atoms with E-state index >= 15 is 0 Å². The summed E-state index contributed by atoms with van der Waals surface area (Å²) < 4.78 is 46.0. The molecule has 1 rings (SSSR count). The van der Waals surface area contributed by atoms with Crippen LogP contribution in [0, 0.1) is 17.2 Å². The molecule has 1 amide bonds. The predicted octanol–water partition coefficient (Wildman–Crippen LogP) is 4.12. The third-order valence-electron chi connectivity index (χ3n) is 3.09. The number of benzene rings is 1. The van der Waals surface area contributed by atoms with Crippen LogP contribution in [-0.2, 0) is 9.53 Å². The van der Waals surface area contributed by atoms with Gasteiger partial charge in [0.25, 0.3) is 0 Å². The quantitative estimate of drug-likeness (QED) is 0.692. The molecule has 132 valence electrons. The number of carbonyl (C=O) groups excluding carboxylic acids is 1. The van der Waals surface area contributed by atoms with Gasteiger partial charge in [-0.25, -0.2) is 0 Å². The van der Waals surface area contributed by atoms with Crippen LogP contribution in [0.1, 0.15) is 31.9 Å². The molecule has 1 N–H and O–H groups in total. The number of carbonyl (C=O) groups is 1. The molecule has 1 aromatic carbocycles. The molecule has 0 heterocycles. The van der Waals surface area contributed by atoms with Gasteiger partial charge < -0.3 is 10.1 Å². The van der Waals surface area contributed by atoms with Crippen LogP contribution in [0.4, 0.5) is 13.2 Å². The SMILES string of the molecule is CC(C)CC(OC(c1ccc(Br)cc1)C(F)(F)F)C(=O)NCC#N. The molecule has 0 aliphatic heterocycles. The lowest BCUT2D eigenvalue weighted by molar-refractivity contribution is -0.236. The maximum atomic E-state index is 13.4. The van der Waals surface area contributed by atoms with Crippen molar-refractivity contribution in [3.63, 3.8) is 0 Å². The molecular formula is C16H18BrF3N2O2. The molecule has 0 aliphatic carbocycles. The van der Waals surface area contributed by atoms with Crippen molar-refractivity contribution in [3.05, 3.63) is 34.3 Å². The summed E-state index contributed by atoms with van der Waals surface area (Å²) in [5.41, 5.74) is -0.0902. The van der Waals surface area contributed by atoms with E-state index < -0.39 is 24.3 Å². The van der Waals surface area contributed by atoms with Gasteiger partial charge in [0.2, 0.25) is 5.91 Å². The zero-order valence-corrected chi connectivity index (χ0v) is 14.8. The molecule has 1 aromatic rings. The van der Waals surface area contributed by atoms with Gasteiger partial charge in [-0.3, -0.25) is 4.79 Å². The number of amides is 1. The Morgan fingerprint density at radius 2 is 1.92 bits per heavy atom. The summed E-state index contributed by atoms with van der Waals surface area (Å²) in [5.74, 6) is -0.779. The third kappa shape index (κ3) is 6.49. The average molecular weight is 407 g/mol. The number of alkyl halides is 3. The number of hydrogen-bond donors (Lipinski definition) is 1. The summed E-state index contributed by atoms with van der Waals surface area (Å²) >= 11 is 3.16. The molecular weight excluding hydrogens is 389 g/mol. The van der Waals surface area contributed by atoms with E-state index in [1.165, 1.54) is 24.3 Å². The Hall–Kier alpha value is -1.59. The number of halogens is 4. The van der Waals surface area contributed by atoms with Gasteiger partial charge in [0.15, 0.2) is 6.10 Å². The van der Waals surface area contributed by atoms with Gasteiger partial charge in [-0.1, -0.05) is 41.9 Å². The molecule has 0 aliphatic rings. The summed E-state index contributed by atoms with van der Waals surface area (Å²) in [6.07, 6.45) is -8.07. The standard InChI is InChI=1S/C16H18BrF3N2O2/c1-10(2)9-13(15(23)22-8-7-21)24-14(16(18,19)20)11-3-5-12(17)6-4-11/h3-6,10,13-14H,8-9H2,1-2H3,(H,22,23). The van der Waals surface area contributed by atoms with Crippen LogP contribution in [0.3, 0.4) is 0 Å². The van der Waals surface area contributed by atoms with E-state index in [0.29, 0.717) is 4.47 Å². The Balaban J connectivity index is 3.05. The van der Waals surface area contributed by atoms with E-state index in [2.05, 4.69) is 21.2 Å². The fraction of sp³-hybridized carbons (Fsp3) is 0.500. The molecule has 0 fully saturated rings. The van der Waals surface area contributed by atoms with Crippen molar-refractivity contribution in [2.75, 3.05) is 6.54 Å². The molecule has 0 spiro atoms. The van der Waals surface area contributed by atoms with Crippen molar-refractivity contribution in [2.45, 2.75) is 38.7 Å². The Morgan fingerprint density at radius 1 is 1.33 bits per heavy atom. The molecule has 2 unspecified atom stereocenters. The molecule has 0 radical (unpaired) electrons. The largest absolute Gasteiger partial charge is 0.418 e. The van der Waals surface area contributed by atoms with Gasteiger partial charge in [-0.15, -0.1) is 0 Å². The van der Waals surface area contributed by atoms with Crippen molar-refractivity contribution in [3.8, 4) is 6.07 Å². The van der Waals surface area contributed by atoms with Gasteiger partial charge in [0.05, 0.1) is 6.07 Å². The third-order valence-corrected chi connectivity index (χ3v) is 3.62. The highest BCUT2D eigenvalue weighted by molar-refractivity contribution is 9.10. The van der Waals surface area contributed by atoms with Gasteiger partial charge in [0, 0.05) is 4.47 Å². The Labute approximate surface area is 147 Å².